The van der Waals surface area contributed by atoms with Crippen LogP contribution >= 0.6 is 0 Å². The number of aliphatic hydroxyl groups is 1. The fourth-order valence-electron chi connectivity index (χ4n) is 2.38. The molecule has 1 saturated heterocycles. The van der Waals surface area contributed by atoms with Gasteiger partial charge in [-0.2, -0.15) is 0 Å². The quantitative estimate of drug-likeness (QED) is 0.807. The van der Waals surface area contributed by atoms with Gasteiger partial charge in [0.1, 0.15) is 0 Å². The average Bonchev–Trinajstić information content (AvgIpc) is 2.95. The zero-order valence-electron chi connectivity index (χ0n) is 10.2. The molecule has 1 aromatic heterocycles. The number of hydrogen-bond acceptors (Lipinski definition) is 3. The zero-order chi connectivity index (χ0) is 12.7. The number of rotatable bonds is 1. The molecule has 18 heavy (non-hydrogen) atoms. The number of likely N-dealkylation sites (tertiary alicyclic amines) is 1. The van der Waals surface area contributed by atoms with Crippen LogP contribution in [0.25, 0.3) is 11.0 Å². The number of nitrogens with zero attached hydrogens (tertiary/aromatic N) is 3. The van der Waals surface area contributed by atoms with E-state index >= 15 is 0 Å². The Balaban J connectivity index is 1.92. The maximum absolute atomic E-state index is 12.2. The van der Waals surface area contributed by atoms with E-state index in [1.807, 2.05) is 29.8 Å². The molecular formula is C13H15N3O2. The number of imidazole rings is 1. The lowest BCUT2D eigenvalue weighted by Gasteiger charge is -2.15. The van der Waals surface area contributed by atoms with Crippen LogP contribution in [0.1, 0.15) is 16.8 Å². The smallest absolute Gasteiger partial charge is 0.254 e. The number of β-amino-alcohol motifs (C(OH)–C–C–N with tert-alkyl or cyclic N) is 1. The van der Waals surface area contributed by atoms with Crippen molar-refractivity contribution in [1.82, 2.24) is 14.5 Å². The van der Waals surface area contributed by atoms with Crippen LogP contribution in [-0.4, -0.2) is 44.7 Å². The van der Waals surface area contributed by atoms with Gasteiger partial charge in [-0.3, -0.25) is 4.79 Å². The van der Waals surface area contributed by atoms with E-state index in [9.17, 15) is 9.90 Å². The second-order valence-electron chi connectivity index (χ2n) is 4.75. The summed E-state index contributed by atoms with van der Waals surface area (Å²) in [4.78, 5) is 18.2. The van der Waals surface area contributed by atoms with Crippen molar-refractivity contribution in [3.63, 3.8) is 0 Å². The Labute approximate surface area is 105 Å². The first kappa shape index (κ1) is 11.2. The van der Waals surface area contributed by atoms with Gasteiger partial charge < -0.3 is 14.6 Å². The Kier molecular flexibility index (Phi) is 2.56. The van der Waals surface area contributed by atoms with Crippen molar-refractivity contribution in [3.05, 3.63) is 30.1 Å². The number of carbonyl (C=O) groups excluding carboxylic acids is 1. The number of fused-ring (bicyclic) bond motifs is 1. The Bertz CT molecular complexity index is 605. The molecule has 94 valence electrons. The molecule has 0 bridgehead atoms. The summed E-state index contributed by atoms with van der Waals surface area (Å²) in [5.41, 5.74) is 2.46. The Hall–Kier alpha value is -1.88. The number of amides is 1. The van der Waals surface area contributed by atoms with Crippen LogP contribution in [0.3, 0.4) is 0 Å². The first-order valence-corrected chi connectivity index (χ1v) is 6.03. The van der Waals surface area contributed by atoms with Crippen molar-refractivity contribution in [3.8, 4) is 0 Å². The van der Waals surface area contributed by atoms with E-state index < -0.39 is 0 Å². The molecule has 1 aromatic carbocycles. The molecule has 1 fully saturated rings. The van der Waals surface area contributed by atoms with Crippen LogP contribution in [0.15, 0.2) is 24.5 Å². The third kappa shape index (κ3) is 1.76. The summed E-state index contributed by atoms with van der Waals surface area (Å²) in [6.07, 6.45) is 2.02. The molecule has 3 rings (SSSR count). The lowest BCUT2D eigenvalue weighted by Crippen LogP contribution is -2.29. The molecule has 1 N–H and O–H groups in total. The number of carbonyl (C=O) groups is 1. The van der Waals surface area contributed by atoms with Gasteiger partial charge in [-0.1, -0.05) is 0 Å². The summed E-state index contributed by atoms with van der Waals surface area (Å²) < 4.78 is 1.92. The van der Waals surface area contributed by atoms with Crippen molar-refractivity contribution < 1.29 is 9.90 Å². The highest BCUT2D eigenvalue weighted by Gasteiger charge is 2.25. The van der Waals surface area contributed by atoms with Crippen LogP contribution < -0.4 is 0 Å². The van der Waals surface area contributed by atoms with Gasteiger partial charge >= 0.3 is 0 Å². The third-order valence-corrected chi connectivity index (χ3v) is 3.42. The van der Waals surface area contributed by atoms with Crippen molar-refractivity contribution in [2.75, 3.05) is 13.1 Å². The highest BCUT2D eigenvalue weighted by atomic mass is 16.3. The van der Waals surface area contributed by atoms with Gasteiger partial charge in [0.05, 0.1) is 23.5 Å². The summed E-state index contributed by atoms with van der Waals surface area (Å²) >= 11 is 0. The molecule has 1 atom stereocenters. The van der Waals surface area contributed by atoms with Gasteiger partial charge in [-0.25, -0.2) is 4.98 Å². The molecule has 0 spiro atoms. The minimum absolute atomic E-state index is 0.0286. The first-order chi connectivity index (χ1) is 8.65. The van der Waals surface area contributed by atoms with Crippen LogP contribution in [0.2, 0.25) is 0 Å². The second kappa shape index (κ2) is 4.10. The van der Waals surface area contributed by atoms with Gasteiger partial charge in [-0.15, -0.1) is 0 Å². The molecule has 0 aliphatic carbocycles. The lowest BCUT2D eigenvalue weighted by atomic mass is 10.2. The van der Waals surface area contributed by atoms with Crippen LogP contribution in [-0.2, 0) is 7.05 Å². The summed E-state index contributed by atoms with van der Waals surface area (Å²) in [5.74, 6) is -0.0286. The molecular weight excluding hydrogens is 230 g/mol. The van der Waals surface area contributed by atoms with E-state index in [-0.39, 0.29) is 12.0 Å². The second-order valence-corrected chi connectivity index (χ2v) is 4.75. The number of aryl methyl sites for hydroxylation is 1. The summed E-state index contributed by atoms with van der Waals surface area (Å²) in [6, 6.07) is 5.53. The molecule has 0 unspecified atom stereocenters. The number of aromatic nitrogens is 2. The van der Waals surface area contributed by atoms with E-state index in [4.69, 9.17) is 0 Å². The van der Waals surface area contributed by atoms with Crippen molar-refractivity contribution >= 4 is 16.9 Å². The largest absolute Gasteiger partial charge is 0.391 e. The third-order valence-electron chi connectivity index (χ3n) is 3.42. The van der Waals surface area contributed by atoms with Crippen molar-refractivity contribution in [2.24, 2.45) is 7.05 Å². The van der Waals surface area contributed by atoms with E-state index in [1.54, 1.807) is 11.2 Å². The predicted octanol–water partition coefficient (Wildman–Crippen LogP) is 0.780. The van der Waals surface area contributed by atoms with Gasteiger partial charge in [-0.05, 0) is 24.6 Å². The maximum atomic E-state index is 12.2. The molecule has 0 saturated carbocycles. The monoisotopic (exact) mass is 245 g/mol. The zero-order valence-corrected chi connectivity index (χ0v) is 10.2. The molecule has 1 aliphatic rings. The van der Waals surface area contributed by atoms with E-state index in [1.165, 1.54) is 0 Å². The maximum Gasteiger partial charge on any atom is 0.254 e. The topological polar surface area (TPSA) is 58.4 Å². The minimum Gasteiger partial charge on any atom is -0.391 e. The predicted molar refractivity (Wildman–Crippen MR) is 67.2 cm³/mol. The molecule has 1 amide bonds. The highest BCUT2D eigenvalue weighted by molar-refractivity contribution is 5.97. The molecule has 5 heteroatoms. The SMILES string of the molecule is Cn1cnc2cc(C(=O)N3CC[C@@H](O)C3)ccc21. The van der Waals surface area contributed by atoms with E-state index in [0.29, 0.717) is 25.1 Å². The molecule has 1 aliphatic heterocycles. The molecule has 2 aromatic rings. The normalized spacial score (nSPS) is 19.7. The van der Waals surface area contributed by atoms with E-state index in [2.05, 4.69) is 4.98 Å². The summed E-state index contributed by atoms with van der Waals surface area (Å²) in [7, 11) is 1.92. The Morgan fingerprint density at radius 1 is 1.50 bits per heavy atom. The average molecular weight is 245 g/mol. The first-order valence-electron chi connectivity index (χ1n) is 6.03. The lowest BCUT2D eigenvalue weighted by molar-refractivity contribution is 0.0765. The van der Waals surface area contributed by atoms with Crippen LogP contribution in [0.4, 0.5) is 0 Å². The van der Waals surface area contributed by atoms with Crippen LogP contribution in [0, 0.1) is 0 Å². The van der Waals surface area contributed by atoms with Crippen molar-refractivity contribution in [2.45, 2.75) is 12.5 Å². The van der Waals surface area contributed by atoms with Gasteiger partial charge in [0.2, 0.25) is 0 Å². The highest BCUT2D eigenvalue weighted by Crippen LogP contribution is 2.18. The summed E-state index contributed by atoms with van der Waals surface area (Å²) in [5, 5.41) is 9.46. The standard InChI is InChI=1S/C13H15N3O2/c1-15-8-14-11-6-9(2-3-12(11)15)13(18)16-5-4-10(17)7-16/h2-3,6,8,10,17H,4-5,7H2,1H3/t10-/m1/s1. The van der Waals surface area contributed by atoms with Gasteiger partial charge in [0, 0.05) is 25.7 Å². The van der Waals surface area contributed by atoms with Gasteiger partial charge in [0.15, 0.2) is 0 Å². The van der Waals surface area contributed by atoms with Gasteiger partial charge in [0.25, 0.3) is 5.91 Å². The summed E-state index contributed by atoms with van der Waals surface area (Å²) in [6.45, 7) is 1.05. The number of benzene rings is 1. The fraction of sp³-hybridized carbons (Fsp3) is 0.385. The molecule has 0 radical (unpaired) electrons. The Morgan fingerprint density at radius 3 is 3.06 bits per heavy atom. The number of hydrogen-bond donors (Lipinski definition) is 1. The van der Waals surface area contributed by atoms with Crippen molar-refractivity contribution in [1.29, 1.82) is 0 Å². The molecule has 5 nitrogen and oxygen atoms in total. The van der Waals surface area contributed by atoms with E-state index in [0.717, 1.165) is 11.0 Å². The molecule has 2 heterocycles. The minimum atomic E-state index is -0.382. The van der Waals surface area contributed by atoms with Crippen LogP contribution in [0.5, 0.6) is 0 Å². The fourth-order valence-corrected chi connectivity index (χ4v) is 2.38. The number of aliphatic hydroxyl groups excluding tert-OH is 1. The Morgan fingerprint density at radius 2 is 2.33 bits per heavy atom.